The molecule has 4 heteroatoms. The van der Waals surface area contributed by atoms with Crippen LogP contribution in [0.1, 0.15) is 28.8 Å². The SMILES string of the molecule is OC(c1ccc(Br)cc1Cl)C1NCCc2ccccc21. The molecule has 2 aromatic rings. The maximum Gasteiger partial charge on any atom is 0.0999 e. The fourth-order valence-electron chi connectivity index (χ4n) is 2.74. The first-order valence-corrected chi connectivity index (χ1v) is 7.78. The lowest BCUT2D eigenvalue weighted by Crippen LogP contribution is -2.34. The Morgan fingerprint density at radius 3 is 2.85 bits per heavy atom. The van der Waals surface area contributed by atoms with Gasteiger partial charge in [-0.15, -0.1) is 0 Å². The average molecular weight is 353 g/mol. The quantitative estimate of drug-likeness (QED) is 0.855. The molecule has 0 amide bonds. The van der Waals surface area contributed by atoms with Gasteiger partial charge in [0.1, 0.15) is 0 Å². The molecule has 0 bridgehead atoms. The zero-order chi connectivity index (χ0) is 14.1. The first-order valence-electron chi connectivity index (χ1n) is 6.61. The predicted molar refractivity (Wildman–Crippen MR) is 85.0 cm³/mol. The Balaban J connectivity index is 1.97. The van der Waals surface area contributed by atoms with Gasteiger partial charge < -0.3 is 10.4 Å². The van der Waals surface area contributed by atoms with Crippen molar-refractivity contribution in [2.24, 2.45) is 0 Å². The normalized spacial score (nSPS) is 19.4. The minimum Gasteiger partial charge on any atom is -0.386 e. The van der Waals surface area contributed by atoms with Gasteiger partial charge in [-0.3, -0.25) is 0 Å². The molecule has 0 saturated carbocycles. The van der Waals surface area contributed by atoms with Crippen LogP contribution in [0.15, 0.2) is 46.9 Å². The number of nitrogens with one attached hydrogen (secondary N) is 1. The third kappa shape index (κ3) is 2.63. The number of hydrogen-bond acceptors (Lipinski definition) is 2. The van der Waals surface area contributed by atoms with Crippen molar-refractivity contribution in [2.45, 2.75) is 18.6 Å². The van der Waals surface area contributed by atoms with Crippen molar-refractivity contribution in [2.75, 3.05) is 6.54 Å². The molecular weight excluding hydrogens is 338 g/mol. The number of aliphatic hydroxyl groups excluding tert-OH is 1. The molecular formula is C16H15BrClNO. The van der Waals surface area contributed by atoms with Crippen molar-refractivity contribution in [3.63, 3.8) is 0 Å². The van der Waals surface area contributed by atoms with Crippen molar-refractivity contribution in [1.82, 2.24) is 5.32 Å². The van der Waals surface area contributed by atoms with Crippen molar-refractivity contribution in [3.05, 3.63) is 68.7 Å². The topological polar surface area (TPSA) is 32.3 Å². The summed E-state index contributed by atoms with van der Waals surface area (Å²) in [6.07, 6.45) is 0.338. The van der Waals surface area contributed by atoms with Crippen LogP contribution in [0.3, 0.4) is 0 Å². The average Bonchev–Trinajstić information content (AvgIpc) is 2.46. The van der Waals surface area contributed by atoms with E-state index in [0.717, 1.165) is 28.6 Å². The molecule has 2 N–H and O–H groups in total. The van der Waals surface area contributed by atoms with Crippen LogP contribution < -0.4 is 5.32 Å². The van der Waals surface area contributed by atoms with E-state index in [9.17, 15) is 5.11 Å². The molecule has 20 heavy (non-hydrogen) atoms. The lowest BCUT2D eigenvalue weighted by Gasteiger charge is -2.31. The number of aliphatic hydroxyl groups is 1. The van der Waals surface area contributed by atoms with Gasteiger partial charge in [-0.25, -0.2) is 0 Å². The molecule has 0 aromatic heterocycles. The third-order valence-corrected chi connectivity index (χ3v) is 4.57. The molecule has 104 valence electrons. The van der Waals surface area contributed by atoms with E-state index in [2.05, 4.69) is 33.4 Å². The van der Waals surface area contributed by atoms with Gasteiger partial charge in [-0.05, 0) is 36.2 Å². The molecule has 0 spiro atoms. The molecule has 2 atom stereocenters. The first kappa shape index (κ1) is 14.1. The van der Waals surface area contributed by atoms with Gasteiger partial charge in [0.2, 0.25) is 0 Å². The molecule has 1 aliphatic heterocycles. The maximum absolute atomic E-state index is 10.7. The molecule has 0 saturated heterocycles. The highest BCUT2D eigenvalue weighted by molar-refractivity contribution is 9.10. The summed E-state index contributed by atoms with van der Waals surface area (Å²) in [7, 11) is 0. The highest BCUT2D eigenvalue weighted by Crippen LogP contribution is 2.36. The van der Waals surface area contributed by atoms with Gasteiger partial charge in [0.15, 0.2) is 0 Å². The van der Waals surface area contributed by atoms with Gasteiger partial charge in [-0.1, -0.05) is 57.9 Å². The summed E-state index contributed by atoms with van der Waals surface area (Å²) >= 11 is 9.64. The van der Waals surface area contributed by atoms with E-state index < -0.39 is 6.10 Å². The summed E-state index contributed by atoms with van der Waals surface area (Å²) in [4.78, 5) is 0. The van der Waals surface area contributed by atoms with Crippen LogP contribution in [0.2, 0.25) is 5.02 Å². The lowest BCUT2D eigenvalue weighted by atomic mass is 9.88. The zero-order valence-electron chi connectivity index (χ0n) is 10.8. The minimum atomic E-state index is -0.656. The monoisotopic (exact) mass is 351 g/mol. The van der Waals surface area contributed by atoms with Crippen LogP contribution in [-0.2, 0) is 6.42 Å². The zero-order valence-corrected chi connectivity index (χ0v) is 13.2. The molecule has 0 radical (unpaired) electrons. The smallest absolute Gasteiger partial charge is 0.0999 e. The largest absolute Gasteiger partial charge is 0.386 e. The van der Waals surface area contributed by atoms with E-state index in [4.69, 9.17) is 11.6 Å². The van der Waals surface area contributed by atoms with Crippen LogP contribution >= 0.6 is 27.5 Å². The van der Waals surface area contributed by atoms with Gasteiger partial charge in [0, 0.05) is 15.1 Å². The number of hydrogen-bond donors (Lipinski definition) is 2. The van der Waals surface area contributed by atoms with E-state index in [-0.39, 0.29) is 6.04 Å². The van der Waals surface area contributed by atoms with E-state index in [1.54, 1.807) is 0 Å². The Morgan fingerprint density at radius 2 is 2.05 bits per heavy atom. The standard InChI is InChI=1S/C16H15BrClNO/c17-11-5-6-13(14(18)9-11)16(20)15-12-4-2-1-3-10(12)7-8-19-15/h1-6,9,15-16,19-20H,7-8H2. The number of benzene rings is 2. The minimum absolute atomic E-state index is 0.112. The Kier molecular flexibility index (Phi) is 4.13. The second kappa shape index (κ2) is 5.86. The highest BCUT2D eigenvalue weighted by Gasteiger charge is 2.28. The molecule has 0 aliphatic carbocycles. The highest BCUT2D eigenvalue weighted by atomic mass is 79.9. The van der Waals surface area contributed by atoms with Crippen molar-refractivity contribution >= 4 is 27.5 Å². The molecule has 1 aliphatic rings. The number of rotatable bonds is 2. The predicted octanol–water partition coefficient (Wildman–Crippen LogP) is 4.02. The fraction of sp³-hybridized carbons (Fsp3) is 0.250. The molecule has 2 unspecified atom stereocenters. The number of fused-ring (bicyclic) bond motifs is 1. The lowest BCUT2D eigenvalue weighted by molar-refractivity contribution is 0.125. The van der Waals surface area contributed by atoms with Crippen molar-refractivity contribution in [1.29, 1.82) is 0 Å². The molecule has 2 aromatic carbocycles. The van der Waals surface area contributed by atoms with Gasteiger partial charge in [0.05, 0.1) is 12.1 Å². The van der Waals surface area contributed by atoms with Crippen LogP contribution in [0.5, 0.6) is 0 Å². The summed E-state index contributed by atoms with van der Waals surface area (Å²) in [6.45, 7) is 0.868. The van der Waals surface area contributed by atoms with Crippen LogP contribution in [0.4, 0.5) is 0 Å². The third-order valence-electron chi connectivity index (χ3n) is 3.75. The van der Waals surface area contributed by atoms with Crippen LogP contribution in [-0.4, -0.2) is 11.7 Å². The van der Waals surface area contributed by atoms with E-state index in [1.165, 1.54) is 5.56 Å². The Morgan fingerprint density at radius 1 is 1.25 bits per heavy atom. The second-order valence-electron chi connectivity index (χ2n) is 4.99. The van der Waals surface area contributed by atoms with E-state index in [0.29, 0.717) is 5.02 Å². The van der Waals surface area contributed by atoms with Gasteiger partial charge >= 0.3 is 0 Å². The van der Waals surface area contributed by atoms with Crippen molar-refractivity contribution in [3.8, 4) is 0 Å². The fourth-order valence-corrected chi connectivity index (χ4v) is 3.53. The van der Waals surface area contributed by atoms with Gasteiger partial charge in [0.25, 0.3) is 0 Å². The summed E-state index contributed by atoms with van der Waals surface area (Å²) in [5.74, 6) is 0. The molecule has 2 nitrogen and oxygen atoms in total. The van der Waals surface area contributed by atoms with E-state index in [1.807, 2.05) is 30.3 Å². The molecule has 3 rings (SSSR count). The molecule has 1 heterocycles. The van der Waals surface area contributed by atoms with Crippen LogP contribution in [0, 0.1) is 0 Å². The summed E-state index contributed by atoms with van der Waals surface area (Å²) < 4.78 is 0.912. The first-order chi connectivity index (χ1) is 9.66. The van der Waals surface area contributed by atoms with Gasteiger partial charge in [-0.2, -0.15) is 0 Å². The summed E-state index contributed by atoms with van der Waals surface area (Å²) in [5.41, 5.74) is 3.21. The van der Waals surface area contributed by atoms with E-state index >= 15 is 0 Å². The summed E-state index contributed by atoms with van der Waals surface area (Å²) in [6, 6.07) is 13.7. The molecule has 0 fully saturated rings. The van der Waals surface area contributed by atoms with Crippen molar-refractivity contribution < 1.29 is 5.11 Å². The summed E-state index contributed by atoms with van der Waals surface area (Å²) in [5, 5.41) is 14.7. The Hall–Kier alpha value is -0.870. The number of halogens is 2. The Bertz CT molecular complexity index is 632. The Labute approximate surface area is 131 Å². The maximum atomic E-state index is 10.7. The van der Waals surface area contributed by atoms with Crippen LogP contribution in [0.25, 0.3) is 0 Å². The second-order valence-corrected chi connectivity index (χ2v) is 6.31.